The second-order valence-corrected chi connectivity index (χ2v) is 4.89. The molecule has 0 saturated carbocycles. The fourth-order valence-electron chi connectivity index (χ4n) is 1.64. The lowest BCUT2D eigenvalue weighted by Crippen LogP contribution is -2.06. The molecule has 0 amide bonds. The zero-order chi connectivity index (χ0) is 14.7. The van der Waals surface area contributed by atoms with E-state index in [0.29, 0.717) is 15.8 Å². The fourth-order valence-corrected chi connectivity index (χ4v) is 2.09. The van der Waals surface area contributed by atoms with Crippen molar-refractivity contribution in [2.45, 2.75) is 6.61 Å². The van der Waals surface area contributed by atoms with Crippen molar-refractivity contribution in [1.29, 1.82) is 0 Å². The van der Waals surface area contributed by atoms with Gasteiger partial charge in [-0.1, -0.05) is 12.1 Å². The van der Waals surface area contributed by atoms with Crippen LogP contribution in [-0.2, 0) is 11.3 Å². The summed E-state index contributed by atoms with van der Waals surface area (Å²) in [6.45, 7) is -0.103. The maximum atomic E-state index is 11.9. The summed E-state index contributed by atoms with van der Waals surface area (Å²) in [6.07, 6.45) is 1.51. The third-order valence-electron chi connectivity index (χ3n) is 2.62. The van der Waals surface area contributed by atoms with Gasteiger partial charge in [-0.15, -0.1) is 10.2 Å². The Morgan fingerprint density at radius 3 is 2.81 bits per heavy atom. The normalized spacial score (nSPS) is 10.5. The average molecular weight is 349 g/mol. The molecule has 3 aromatic rings. The predicted molar refractivity (Wildman–Crippen MR) is 75.3 cm³/mol. The predicted octanol–water partition coefficient (Wildman–Crippen LogP) is 3.45. The number of esters is 1. The molecule has 6 nitrogen and oxygen atoms in total. The van der Waals surface area contributed by atoms with Crippen molar-refractivity contribution in [3.63, 3.8) is 0 Å². The summed E-state index contributed by atoms with van der Waals surface area (Å²) >= 11 is 3.29. The molecular weight excluding hydrogens is 340 g/mol. The van der Waals surface area contributed by atoms with Crippen LogP contribution in [0.2, 0.25) is 0 Å². The van der Waals surface area contributed by atoms with E-state index in [1.54, 1.807) is 30.3 Å². The molecule has 0 fully saturated rings. The zero-order valence-electron chi connectivity index (χ0n) is 10.7. The molecule has 0 N–H and O–H groups in total. The summed E-state index contributed by atoms with van der Waals surface area (Å²) in [4.78, 5) is 11.9. The molecule has 3 rings (SSSR count). The first-order valence-electron chi connectivity index (χ1n) is 6.02. The van der Waals surface area contributed by atoms with Crippen LogP contribution in [0.4, 0.5) is 0 Å². The van der Waals surface area contributed by atoms with Gasteiger partial charge in [-0.05, 0) is 40.2 Å². The van der Waals surface area contributed by atoms with Crippen molar-refractivity contribution in [2.75, 3.05) is 0 Å². The number of benzene rings is 1. The van der Waals surface area contributed by atoms with Gasteiger partial charge in [-0.25, -0.2) is 4.79 Å². The smallest absolute Gasteiger partial charge is 0.339 e. The Morgan fingerprint density at radius 1 is 1.19 bits per heavy atom. The van der Waals surface area contributed by atoms with Crippen molar-refractivity contribution < 1.29 is 18.4 Å². The van der Waals surface area contributed by atoms with E-state index in [9.17, 15) is 4.79 Å². The summed E-state index contributed by atoms with van der Waals surface area (Å²) in [5, 5.41) is 7.61. The van der Waals surface area contributed by atoms with Gasteiger partial charge in [0, 0.05) is 4.47 Å². The lowest BCUT2D eigenvalue weighted by molar-refractivity contribution is 0.0437. The van der Waals surface area contributed by atoms with E-state index >= 15 is 0 Å². The van der Waals surface area contributed by atoms with E-state index in [-0.39, 0.29) is 18.4 Å². The molecule has 0 aliphatic rings. The van der Waals surface area contributed by atoms with Crippen LogP contribution >= 0.6 is 15.9 Å². The molecule has 0 unspecified atom stereocenters. The molecule has 0 aliphatic carbocycles. The summed E-state index contributed by atoms with van der Waals surface area (Å²) in [7, 11) is 0. The third kappa shape index (κ3) is 3.03. The summed E-state index contributed by atoms with van der Waals surface area (Å²) in [5.74, 6) is 0.430. The molecule has 0 atom stereocenters. The van der Waals surface area contributed by atoms with Gasteiger partial charge >= 0.3 is 5.97 Å². The fraction of sp³-hybridized carbons (Fsp3) is 0.0714. The Kier molecular flexibility index (Phi) is 3.83. The number of carbonyl (C=O) groups excluding carboxylic acids is 1. The topological polar surface area (TPSA) is 78.4 Å². The lowest BCUT2D eigenvalue weighted by Gasteiger charge is -2.03. The first-order chi connectivity index (χ1) is 10.2. The number of ether oxygens (including phenoxy) is 1. The second-order valence-electron chi connectivity index (χ2n) is 4.03. The van der Waals surface area contributed by atoms with Crippen LogP contribution in [0.3, 0.4) is 0 Å². The number of nitrogens with zero attached hydrogens (tertiary/aromatic N) is 2. The Labute approximate surface area is 127 Å². The first-order valence-corrected chi connectivity index (χ1v) is 6.81. The van der Waals surface area contributed by atoms with Crippen LogP contribution in [0.1, 0.15) is 16.2 Å². The van der Waals surface area contributed by atoms with Crippen LogP contribution < -0.4 is 0 Å². The Hall–Kier alpha value is -2.41. The maximum absolute atomic E-state index is 11.9. The van der Waals surface area contributed by atoms with Gasteiger partial charge < -0.3 is 13.6 Å². The highest BCUT2D eigenvalue weighted by Gasteiger charge is 2.15. The van der Waals surface area contributed by atoms with Crippen molar-refractivity contribution in [3.05, 3.63) is 58.6 Å². The summed E-state index contributed by atoms with van der Waals surface area (Å²) < 4.78 is 16.3. The largest absolute Gasteiger partial charge is 0.459 e. The van der Waals surface area contributed by atoms with E-state index in [1.165, 1.54) is 6.26 Å². The Balaban J connectivity index is 1.66. The number of halogens is 1. The number of hydrogen-bond acceptors (Lipinski definition) is 6. The molecule has 1 aromatic carbocycles. The van der Waals surface area contributed by atoms with Gasteiger partial charge in [0.25, 0.3) is 11.8 Å². The van der Waals surface area contributed by atoms with Gasteiger partial charge in [0.2, 0.25) is 0 Å². The molecular formula is C14H9BrN2O4. The van der Waals surface area contributed by atoms with Gasteiger partial charge in [0.1, 0.15) is 0 Å². The van der Waals surface area contributed by atoms with Crippen LogP contribution in [-0.4, -0.2) is 16.2 Å². The summed E-state index contributed by atoms with van der Waals surface area (Å²) in [6, 6.07) is 10.4. The maximum Gasteiger partial charge on any atom is 0.339 e. The molecule has 106 valence electrons. The van der Waals surface area contributed by atoms with Gasteiger partial charge in [0.05, 0.1) is 11.8 Å². The standard InChI is InChI=1S/C14H9BrN2O4/c15-10-5-2-1-4-9(10)14(18)20-8-12-16-17-13(21-12)11-6-3-7-19-11/h1-7H,8H2. The van der Waals surface area contributed by atoms with Crippen LogP contribution in [0.5, 0.6) is 0 Å². The highest BCUT2D eigenvalue weighted by atomic mass is 79.9. The van der Waals surface area contributed by atoms with Crippen LogP contribution in [0, 0.1) is 0 Å². The Bertz CT molecular complexity index is 752. The number of hydrogen-bond donors (Lipinski definition) is 0. The first kappa shape index (κ1) is 13.6. The number of carbonyl (C=O) groups is 1. The molecule has 0 spiro atoms. The lowest BCUT2D eigenvalue weighted by atomic mass is 10.2. The monoisotopic (exact) mass is 348 g/mol. The second kappa shape index (κ2) is 5.92. The van der Waals surface area contributed by atoms with Gasteiger partial charge in [-0.3, -0.25) is 0 Å². The highest BCUT2D eigenvalue weighted by molar-refractivity contribution is 9.10. The third-order valence-corrected chi connectivity index (χ3v) is 3.31. The van der Waals surface area contributed by atoms with Crippen molar-refractivity contribution in [3.8, 4) is 11.7 Å². The quantitative estimate of drug-likeness (QED) is 0.672. The molecule has 2 heterocycles. The number of furan rings is 1. The van der Waals surface area contributed by atoms with E-state index in [4.69, 9.17) is 13.6 Å². The van der Waals surface area contributed by atoms with Gasteiger partial charge in [-0.2, -0.15) is 0 Å². The van der Waals surface area contributed by atoms with E-state index in [2.05, 4.69) is 26.1 Å². The summed E-state index contributed by atoms with van der Waals surface area (Å²) in [5.41, 5.74) is 0.434. The molecule has 2 aromatic heterocycles. The zero-order valence-corrected chi connectivity index (χ0v) is 12.2. The SMILES string of the molecule is O=C(OCc1nnc(-c2ccco2)o1)c1ccccc1Br. The Morgan fingerprint density at radius 2 is 2.05 bits per heavy atom. The molecule has 0 saturated heterocycles. The van der Waals surface area contributed by atoms with E-state index < -0.39 is 5.97 Å². The highest BCUT2D eigenvalue weighted by Crippen LogP contribution is 2.19. The van der Waals surface area contributed by atoms with E-state index in [0.717, 1.165) is 0 Å². The van der Waals surface area contributed by atoms with E-state index in [1.807, 2.05) is 6.07 Å². The molecule has 7 heteroatoms. The number of aromatic nitrogens is 2. The van der Waals surface area contributed by atoms with Crippen molar-refractivity contribution >= 4 is 21.9 Å². The minimum absolute atomic E-state index is 0.103. The molecule has 0 bridgehead atoms. The van der Waals surface area contributed by atoms with Crippen molar-refractivity contribution in [2.24, 2.45) is 0 Å². The van der Waals surface area contributed by atoms with Crippen LogP contribution in [0.15, 0.2) is 56.0 Å². The minimum atomic E-state index is -0.472. The number of rotatable bonds is 4. The molecule has 0 radical (unpaired) electrons. The van der Waals surface area contributed by atoms with Gasteiger partial charge in [0.15, 0.2) is 12.4 Å². The van der Waals surface area contributed by atoms with Crippen LogP contribution in [0.25, 0.3) is 11.7 Å². The average Bonchev–Trinajstić information content (AvgIpc) is 3.16. The molecule has 0 aliphatic heterocycles. The minimum Gasteiger partial charge on any atom is -0.459 e. The molecule has 21 heavy (non-hydrogen) atoms. The van der Waals surface area contributed by atoms with Crippen molar-refractivity contribution in [1.82, 2.24) is 10.2 Å².